The lowest BCUT2D eigenvalue weighted by Gasteiger charge is -2.18. The molecule has 0 rings (SSSR count). The number of carbonyl (C=O) groups is 12. The number of Topliss-reactive ketones (excluding diaryl/α,β-unsaturated/α-hetero) is 1. The van der Waals surface area contributed by atoms with Crippen LogP contribution < -0.4 is 37.2 Å². The number of hydrogen-bond donors (Lipinski definition) is 11. The van der Waals surface area contributed by atoms with Crippen molar-refractivity contribution in [2.24, 2.45) is 5.41 Å². The Bertz CT molecular complexity index is 2110. The standard InChI is InChI=1S/C62H109N7O23/c1-62(2,3)50(70)43-89-33-20-16-19-29-63-55(75)44-90-40-38-87-35-31-65-57(77)46-92-42-39-88-36-32-66-56(76)45-91-41-37-86-34-30-64-51(71)26-23-47(59(80)81)68-53(73)28-25-49(61(84)85)69-54(74)27-24-48(60(82)83)67-52(72)21-17-14-12-10-8-6-4-5-7-9-11-13-15-18-22-58(78)79/h47-49H,4-46H2,1-3H3,(H,63,75)(H,64,71)(H,65,77)(H,66,76)(H,67,72)(H,68,73)(H,69,74)(H,78,79)(H,80,81)(H,82,83)(H,84,85)/t47-,48-,49-/m0/s1. The van der Waals surface area contributed by atoms with E-state index in [1.807, 2.05) is 20.8 Å². The molecular weight excluding hydrogens is 1210 g/mol. The van der Waals surface area contributed by atoms with E-state index < -0.39 is 96.2 Å². The maximum atomic E-state index is 12.6. The monoisotopic (exact) mass is 1320 g/mol. The van der Waals surface area contributed by atoms with Crippen molar-refractivity contribution in [2.75, 3.05) is 119 Å². The molecule has 92 heavy (non-hydrogen) atoms. The van der Waals surface area contributed by atoms with Crippen LogP contribution in [0.3, 0.4) is 0 Å². The third-order valence-electron chi connectivity index (χ3n) is 13.8. The molecule has 0 fully saturated rings. The molecule has 0 aliphatic rings. The quantitative estimate of drug-likeness (QED) is 0.0390. The smallest absolute Gasteiger partial charge is 0.326 e. The van der Waals surface area contributed by atoms with E-state index in [4.69, 9.17) is 38.3 Å². The fourth-order valence-electron chi connectivity index (χ4n) is 8.38. The number of rotatable bonds is 64. The van der Waals surface area contributed by atoms with Gasteiger partial charge in [0.05, 0.1) is 59.5 Å². The molecular formula is C62H109N7O23. The third-order valence-corrected chi connectivity index (χ3v) is 13.8. The largest absolute Gasteiger partial charge is 0.481 e. The zero-order valence-corrected chi connectivity index (χ0v) is 54.7. The van der Waals surface area contributed by atoms with Crippen LogP contribution in [0.5, 0.6) is 0 Å². The van der Waals surface area contributed by atoms with Gasteiger partial charge in [-0.25, -0.2) is 14.4 Å². The summed E-state index contributed by atoms with van der Waals surface area (Å²) in [6, 6.07) is -4.47. The van der Waals surface area contributed by atoms with Crippen LogP contribution in [0.15, 0.2) is 0 Å². The molecule has 30 heteroatoms. The van der Waals surface area contributed by atoms with E-state index in [-0.39, 0.29) is 155 Å². The molecule has 0 aromatic rings. The molecule has 30 nitrogen and oxygen atoms in total. The van der Waals surface area contributed by atoms with E-state index in [9.17, 15) is 72.9 Å². The van der Waals surface area contributed by atoms with Gasteiger partial charge in [-0.3, -0.25) is 43.2 Å². The predicted molar refractivity (Wildman–Crippen MR) is 334 cm³/mol. The molecule has 0 saturated heterocycles. The normalized spacial score (nSPS) is 12.2. The minimum absolute atomic E-state index is 0.0607. The molecule has 0 spiro atoms. The molecule has 0 unspecified atom stereocenters. The summed E-state index contributed by atoms with van der Waals surface area (Å²) in [5.41, 5.74) is -0.412. The highest BCUT2D eigenvalue weighted by Crippen LogP contribution is 2.16. The van der Waals surface area contributed by atoms with Crippen molar-refractivity contribution in [3.63, 3.8) is 0 Å². The van der Waals surface area contributed by atoms with Gasteiger partial charge in [0.15, 0.2) is 5.78 Å². The fraction of sp³-hybridized carbons (Fsp3) is 0.806. The number of ketones is 1. The van der Waals surface area contributed by atoms with E-state index in [0.29, 0.717) is 19.6 Å². The average molecular weight is 1320 g/mol. The average Bonchev–Trinajstić information content (AvgIpc) is 3.35. The SMILES string of the molecule is CC(C)(C)C(=O)COCCCCCNC(=O)COCCOCCNC(=O)COCCOCCNC(=O)COCCOCCNC(=O)CC[C@H](NC(=O)CC[C@H](NC(=O)CC[C@H](NC(=O)CCCCCCCCCCCCCCCCC(=O)O)C(=O)O)C(=O)O)C(=O)O. The molecule has 0 aromatic heterocycles. The highest BCUT2D eigenvalue weighted by atomic mass is 16.5. The molecule has 0 aromatic carbocycles. The first-order valence-corrected chi connectivity index (χ1v) is 32.4. The summed E-state index contributed by atoms with van der Waals surface area (Å²) in [5, 5.41) is 55.1. The van der Waals surface area contributed by atoms with Crippen LogP contribution in [0.4, 0.5) is 0 Å². The second-order valence-corrected chi connectivity index (χ2v) is 23.0. The lowest BCUT2D eigenvalue weighted by atomic mass is 9.91. The predicted octanol–water partition coefficient (Wildman–Crippen LogP) is 2.73. The number of carboxylic acids is 4. The summed E-state index contributed by atoms with van der Waals surface area (Å²) in [6.07, 6.45) is 14.6. The van der Waals surface area contributed by atoms with Crippen molar-refractivity contribution >= 4 is 71.0 Å². The first-order chi connectivity index (χ1) is 44.0. The van der Waals surface area contributed by atoms with E-state index >= 15 is 0 Å². The van der Waals surface area contributed by atoms with Crippen LogP contribution in [0.1, 0.15) is 181 Å². The van der Waals surface area contributed by atoms with Crippen LogP contribution in [0.2, 0.25) is 0 Å². The van der Waals surface area contributed by atoms with Crippen LogP contribution in [-0.4, -0.2) is 228 Å². The summed E-state index contributed by atoms with van der Waals surface area (Å²) in [4.78, 5) is 144. The first-order valence-electron chi connectivity index (χ1n) is 32.4. The summed E-state index contributed by atoms with van der Waals surface area (Å²) in [5.74, 6) is -8.66. The molecule has 530 valence electrons. The van der Waals surface area contributed by atoms with Gasteiger partial charge in [-0.1, -0.05) is 97.8 Å². The number of carboxylic acid groups (broad SMARTS) is 4. The lowest BCUT2D eigenvalue weighted by Crippen LogP contribution is -2.45. The summed E-state index contributed by atoms with van der Waals surface area (Å²) in [6.45, 7) is 8.14. The Morgan fingerprint density at radius 3 is 0.946 bits per heavy atom. The first kappa shape index (κ1) is 85.6. The Labute approximate surface area is 541 Å². The molecule has 0 saturated carbocycles. The van der Waals surface area contributed by atoms with E-state index in [2.05, 4.69) is 37.2 Å². The summed E-state index contributed by atoms with van der Waals surface area (Å²) in [7, 11) is 0. The Kier molecular flexibility index (Phi) is 53.2. The molecule has 7 amide bonds. The number of carbonyl (C=O) groups excluding carboxylic acids is 8. The van der Waals surface area contributed by atoms with Crippen molar-refractivity contribution in [1.29, 1.82) is 0 Å². The molecule has 0 aliphatic heterocycles. The number of amides is 7. The number of hydrogen-bond acceptors (Lipinski definition) is 19. The molecule has 0 heterocycles. The minimum Gasteiger partial charge on any atom is -0.481 e. The van der Waals surface area contributed by atoms with Crippen molar-refractivity contribution in [3.05, 3.63) is 0 Å². The number of nitrogens with one attached hydrogen (secondary N) is 7. The Morgan fingerprint density at radius 1 is 0.293 bits per heavy atom. The maximum Gasteiger partial charge on any atom is 0.326 e. The second-order valence-electron chi connectivity index (χ2n) is 23.0. The topological polar surface area (TPSA) is 435 Å². The van der Waals surface area contributed by atoms with Crippen LogP contribution in [0, 0.1) is 5.41 Å². The number of ether oxygens (including phenoxy) is 7. The Balaban J connectivity index is 3.99. The number of aliphatic carboxylic acids is 4. The molecule has 0 bridgehead atoms. The van der Waals surface area contributed by atoms with Gasteiger partial charge in [-0.15, -0.1) is 0 Å². The van der Waals surface area contributed by atoms with Crippen LogP contribution in [-0.2, 0) is 90.7 Å². The van der Waals surface area contributed by atoms with Crippen molar-refractivity contribution in [1.82, 2.24) is 37.2 Å². The molecule has 0 radical (unpaired) electrons. The Morgan fingerprint density at radius 2 is 0.587 bits per heavy atom. The van der Waals surface area contributed by atoms with E-state index in [1.54, 1.807) is 0 Å². The van der Waals surface area contributed by atoms with Gasteiger partial charge in [0.1, 0.15) is 44.6 Å². The van der Waals surface area contributed by atoms with Gasteiger partial charge in [-0.05, 0) is 51.4 Å². The zero-order chi connectivity index (χ0) is 68.5. The van der Waals surface area contributed by atoms with Crippen molar-refractivity contribution in [2.45, 2.75) is 199 Å². The van der Waals surface area contributed by atoms with E-state index in [0.717, 1.165) is 89.9 Å². The lowest BCUT2D eigenvalue weighted by molar-refractivity contribution is -0.144. The van der Waals surface area contributed by atoms with Gasteiger partial charge in [0.25, 0.3) is 0 Å². The van der Waals surface area contributed by atoms with Gasteiger partial charge in [0, 0.05) is 70.3 Å². The third kappa shape index (κ3) is 55.2. The second kappa shape index (κ2) is 57.2. The van der Waals surface area contributed by atoms with Crippen molar-refractivity contribution in [3.8, 4) is 0 Å². The van der Waals surface area contributed by atoms with Gasteiger partial charge in [0.2, 0.25) is 41.4 Å². The highest BCUT2D eigenvalue weighted by molar-refractivity contribution is 5.88. The summed E-state index contributed by atoms with van der Waals surface area (Å²) >= 11 is 0. The maximum absolute atomic E-state index is 12.6. The van der Waals surface area contributed by atoms with Crippen molar-refractivity contribution < 1.29 is 111 Å². The van der Waals surface area contributed by atoms with Gasteiger partial charge >= 0.3 is 23.9 Å². The zero-order valence-electron chi connectivity index (χ0n) is 54.7. The van der Waals surface area contributed by atoms with Gasteiger partial charge < -0.3 is 90.8 Å². The number of unbranched alkanes of at least 4 members (excludes halogenated alkanes) is 15. The van der Waals surface area contributed by atoms with Crippen LogP contribution >= 0.6 is 0 Å². The Hall–Kier alpha value is -6.44. The minimum atomic E-state index is -1.58. The highest BCUT2D eigenvalue weighted by Gasteiger charge is 2.27. The fourth-order valence-corrected chi connectivity index (χ4v) is 8.38. The molecule has 3 atom stereocenters. The van der Waals surface area contributed by atoms with Gasteiger partial charge in [-0.2, -0.15) is 0 Å². The molecule has 0 aliphatic carbocycles. The summed E-state index contributed by atoms with van der Waals surface area (Å²) < 4.78 is 37.4. The van der Waals surface area contributed by atoms with Crippen LogP contribution in [0.25, 0.3) is 0 Å². The molecule has 11 N–H and O–H groups in total. The van der Waals surface area contributed by atoms with E-state index in [1.165, 1.54) is 12.8 Å².